The molecule has 0 atom stereocenters. The number of aromatic hydroxyl groups is 1. The number of benzene rings is 1. The zero-order chi connectivity index (χ0) is 10.5. The lowest BCUT2D eigenvalue weighted by molar-refractivity contribution is -0.0195. The maximum Gasteiger partial charge on any atom is 0.172 e. The third-order valence-electron chi connectivity index (χ3n) is 3.36. The fourth-order valence-electron chi connectivity index (χ4n) is 2.34. The summed E-state index contributed by atoms with van der Waals surface area (Å²) in [6.07, 6.45) is 3.42. The normalized spacial score (nSPS) is 21.7. The zero-order valence-corrected chi connectivity index (χ0v) is 8.32. The molecule has 1 N–H and O–H groups in total. The first-order valence-corrected chi connectivity index (χ1v) is 5.24. The monoisotopic (exact) mass is 204 g/mol. The van der Waals surface area contributed by atoms with Gasteiger partial charge < -0.3 is 9.84 Å². The van der Waals surface area contributed by atoms with Gasteiger partial charge in [0.1, 0.15) is 5.60 Å². The zero-order valence-electron chi connectivity index (χ0n) is 8.32. The number of carbonyl (C=O) groups is 1. The lowest BCUT2D eigenvalue weighted by Crippen LogP contribution is -2.47. The predicted octanol–water partition coefficient (Wildman–Crippen LogP) is 2.28. The van der Waals surface area contributed by atoms with E-state index in [9.17, 15) is 9.90 Å². The summed E-state index contributed by atoms with van der Waals surface area (Å²) in [4.78, 5) is 11.9. The van der Waals surface area contributed by atoms with Crippen LogP contribution in [0.5, 0.6) is 11.5 Å². The van der Waals surface area contributed by atoms with Crippen LogP contribution in [0.2, 0.25) is 0 Å². The van der Waals surface area contributed by atoms with Gasteiger partial charge in [-0.3, -0.25) is 4.79 Å². The number of hydrogen-bond donors (Lipinski definition) is 1. The Bertz CT molecular complexity index is 432. The molecule has 1 saturated carbocycles. The molecule has 1 aromatic rings. The van der Waals surface area contributed by atoms with Crippen LogP contribution in [0.15, 0.2) is 18.2 Å². The largest absolute Gasteiger partial charge is 0.504 e. The van der Waals surface area contributed by atoms with Crippen molar-refractivity contribution >= 4 is 5.78 Å². The van der Waals surface area contributed by atoms with E-state index in [1.807, 2.05) is 0 Å². The van der Waals surface area contributed by atoms with Gasteiger partial charge in [-0.15, -0.1) is 0 Å². The fourth-order valence-corrected chi connectivity index (χ4v) is 2.34. The molecule has 15 heavy (non-hydrogen) atoms. The van der Waals surface area contributed by atoms with Crippen LogP contribution >= 0.6 is 0 Å². The van der Waals surface area contributed by atoms with Gasteiger partial charge in [0.15, 0.2) is 17.3 Å². The molecule has 0 radical (unpaired) electrons. The summed E-state index contributed by atoms with van der Waals surface area (Å²) < 4.78 is 5.79. The number of fused-ring (bicyclic) bond motifs is 1. The molecular formula is C12H12O3. The standard InChI is InChI=1S/C12H12O3/c13-9-4-1-3-8-10(14)7-12(5-2-6-12)15-11(8)9/h1,3-4,13H,2,5-7H2. The van der Waals surface area contributed by atoms with Crippen molar-refractivity contribution in [3.63, 3.8) is 0 Å². The second-order valence-corrected chi connectivity index (χ2v) is 4.39. The number of hydrogen-bond acceptors (Lipinski definition) is 3. The van der Waals surface area contributed by atoms with E-state index in [1.165, 1.54) is 0 Å². The molecule has 1 aliphatic heterocycles. The summed E-state index contributed by atoms with van der Waals surface area (Å²) >= 11 is 0. The topological polar surface area (TPSA) is 46.5 Å². The molecular weight excluding hydrogens is 192 g/mol. The van der Waals surface area contributed by atoms with Crippen LogP contribution in [0, 0.1) is 0 Å². The molecule has 2 aliphatic rings. The first kappa shape index (κ1) is 8.77. The Morgan fingerprint density at radius 3 is 2.80 bits per heavy atom. The second-order valence-electron chi connectivity index (χ2n) is 4.39. The summed E-state index contributed by atoms with van der Waals surface area (Å²) in [6, 6.07) is 4.95. The summed E-state index contributed by atoms with van der Waals surface area (Å²) in [7, 11) is 0. The number of rotatable bonds is 0. The Balaban J connectivity index is 2.09. The van der Waals surface area contributed by atoms with Crippen molar-refractivity contribution in [3.05, 3.63) is 23.8 Å². The van der Waals surface area contributed by atoms with Gasteiger partial charge in [-0.25, -0.2) is 0 Å². The number of ketones is 1. The predicted molar refractivity (Wildman–Crippen MR) is 54.3 cm³/mol. The summed E-state index contributed by atoms with van der Waals surface area (Å²) in [5, 5.41) is 9.65. The maximum absolute atomic E-state index is 11.9. The van der Waals surface area contributed by atoms with Crippen LogP contribution in [0.3, 0.4) is 0 Å². The Hall–Kier alpha value is -1.51. The van der Waals surface area contributed by atoms with Crippen molar-refractivity contribution in [2.75, 3.05) is 0 Å². The molecule has 0 amide bonds. The van der Waals surface area contributed by atoms with Gasteiger partial charge in [0.25, 0.3) is 0 Å². The molecule has 3 heteroatoms. The minimum absolute atomic E-state index is 0.0758. The van der Waals surface area contributed by atoms with Crippen molar-refractivity contribution in [1.29, 1.82) is 0 Å². The van der Waals surface area contributed by atoms with E-state index in [-0.39, 0.29) is 17.1 Å². The van der Waals surface area contributed by atoms with Crippen LogP contribution in [0.25, 0.3) is 0 Å². The third-order valence-corrected chi connectivity index (χ3v) is 3.36. The Morgan fingerprint density at radius 1 is 1.33 bits per heavy atom. The number of para-hydroxylation sites is 1. The van der Waals surface area contributed by atoms with E-state index in [4.69, 9.17) is 4.74 Å². The lowest BCUT2D eigenvalue weighted by Gasteiger charge is -2.44. The number of carbonyl (C=O) groups excluding carboxylic acids is 1. The quantitative estimate of drug-likeness (QED) is 0.705. The second kappa shape index (κ2) is 2.75. The lowest BCUT2D eigenvalue weighted by atomic mass is 9.74. The summed E-state index contributed by atoms with van der Waals surface area (Å²) in [5.74, 6) is 0.548. The highest BCUT2D eigenvalue weighted by Crippen LogP contribution is 2.47. The highest BCUT2D eigenvalue weighted by molar-refractivity contribution is 6.01. The minimum atomic E-state index is -0.303. The number of ether oxygens (including phenoxy) is 1. The highest BCUT2D eigenvalue weighted by atomic mass is 16.5. The molecule has 0 saturated heterocycles. The first-order chi connectivity index (χ1) is 7.20. The molecule has 1 aliphatic carbocycles. The van der Waals surface area contributed by atoms with Crippen LogP contribution < -0.4 is 4.74 Å². The van der Waals surface area contributed by atoms with E-state index in [0.717, 1.165) is 19.3 Å². The maximum atomic E-state index is 11.9. The molecule has 0 unspecified atom stereocenters. The average Bonchev–Trinajstić information content (AvgIpc) is 2.17. The van der Waals surface area contributed by atoms with Crippen LogP contribution in [0.1, 0.15) is 36.0 Å². The molecule has 0 aromatic heterocycles. The van der Waals surface area contributed by atoms with E-state index < -0.39 is 0 Å². The van der Waals surface area contributed by atoms with E-state index in [0.29, 0.717) is 17.7 Å². The van der Waals surface area contributed by atoms with Gasteiger partial charge in [0.05, 0.1) is 12.0 Å². The fraction of sp³-hybridized carbons (Fsp3) is 0.417. The average molecular weight is 204 g/mol. The van der Waals surface area contributed by atoms with Crippen molar-refractivity contribution in [2.45, 2.75) is 31.3 Å². The Labute approximate surface area is 87.7 Å². The van der Waals surface area contributed by atoms with Crippen LogP contribution in [-0.2, 0) is 0 Å². The molecule has 1 spiro atoms. The Kier molecular flexibility index (Phi) is 1.61. The highest BCUT2D eigenvalue weighted by Gasteiger charge is 2.45. The number of Topliss-reactive ketones (excluding diaryl/α,β-unsaturated/α-hetero) is 1. The molecule has 3 nitrogen and oxygen atoms in total. The summed E-state index contributed by atoms with van der Waals surface area (Å²) in [6.45, 7) is 0. The van der Waals surface area contributed by atoms with E-state index in [2.05, 4.69) is 0 Å². The summed E-state index contributed by atoms with van der Waals surface area (Å²) in [5.41, 5.74) is 0.218. The molecule has 78 valence electrons. The van der Waals surface area contributed by atoms with Gasteiger partial charge in [0.2, 0.25) is 0 Å². The molecule has 1 heterocycles. The van der Waals surface area contributed by atoms with Gasteiger partial charge in [-0.1, -0.05) is 6.07 Å². The SMILES string of the molecule is O=C1CC2(CCC2)Oc2c(O)cccc21. The number of phenolic OH excluding ortho intramolecular Hbond substituents is 1. The van der Waals surface area contributed by atoms with Crippen molar-refractivity contribution in [2.24, 2.45) is 0 Å². The van der Waals surface area contributed by atoms with E-state index in [1.54, 1.807) is 18.2 Å². The van der Waals surface area contributed by atoms with Crippen LogP contribution in [0.4, 0.5) is 0 Å². The van der Waals surface area contributed by atoms with Crippen LogP contribution in [-0.4, -0.2) is 16.5 Å². The third kappa shape index (κ3) is 1.16. The van der Waals surface area contributed by atoms with Gasteiger partial charge in [-0.2, -0.15) is 0 Å². The molecule has 3 rings (SSSR count). The minimum Gasteiger partial charge on any atom is -0.504 e. The van der Waals surface area contributed by atoms with Gasteiger partial charge >= 0.3 is 0 Å². The van der Waals surface area contributed by atoms with Crippen molar-refractivity contribution in [3.8, 4) is 11.5 Å². The molecule has 1 fully saturated rings. The van der Waals surface area contributed by atoms with Gasteiger partial charge in [0, 0.05) is 0 Å². The number of phenols is 1. The Morgan fingerprint density at radius 2 is 2.13 bits per heavy atom. The molecule has 1 aromatic carbocycles. The van der Waals surface area contributed by atoms with E-state index >= 15 is 0 Å². The van der Waals surface area contributed by atoms with Crippen molar-refractivity contribution in [1.82, 2.24) is 0 Å². The molecule has 0 bridgehead atoms. The first-order valence-electron chi connectivity index (χ1n) is 5.24. The van der Waals surface area contributed by atoms with Crippen molar-refractivity contribution < 1.29 is 14.6 Å². The van der Waals surface area contributed by atoms with Gasteiger partial charge in [-0.05, 0) is 31.4 Å². The smallest absolute Gasteiger partial charge is 0.172 e.